The minimum Gasteiger partial charge on any atom is -0.374 e. The van der Waals surface area contributed by atoms with Crippen molar-refractivity contribution in [3.8, 4) is 0 Å². The lowest BCUT2D eigenvalue weighted by molar-refractivity contribution is -0.0449. The minimum atomic E-state index is -0.0988. The van der Waals surface area contributed by atoms with Crippen molar-refractivity contribution in [2.45, 2.75) is 44.9 Å². The third-order valence-corrected chi connectivity index (χ3v) is 5.60. The van der Waals surface area contributed by atoms with Crippen molar-refractivity contribution in [2.75, 3.05) is 26.2 Å². The summed E-state index contributed by atoms with van der Waals surface area (Å²) in [7, 11) is 0. The molecular weight excluding hydrogens is 342 g/mol. The standard InChI is InChI=1S/C20H27N5O2/c1-14-12-24(18(13-27-14)16-6-4-3-5-7-16)20(26)19-15(2)25(23-22-19)17-8-10-21-11-9-17/h3-7,14,17-18,21H,8-13H2,1-2H3. The Morgan fingerprint density at radius 2 is 1.96 bits per heavy atom. The fourth-order valence-corrected chi connectivity index (χ4v) is 4.05. The Morgan fingerprint density at radius 1 is 1.22 bits per heavy atom. The number of hydrogen-bond donors (Lipinski definition) is 1. The smallest absolute Gasteiger partial charge is 0.277 e. The van der Waals surface area contributed by atoms with Gasteiger partial charge in [0.2, 0.25) is 0 Å². The van der Waals surface area contributed by atoms with Gasteiger partial charge in [-0.25, -0.2) is 4.68 Å². The first-order valence-electron chi connectivity index (χ1n) is 9.75. The van der Waals surface area contributed by atoms with Gasteiger partial charge < -0.3 is 15.0 Å². The first-order valence-corrected chi connectivity index (χ1v) is 9.75. The van der Waals surface area contributed by atoms with Gasteiger partial charge >= 0.3 is 0 Å². The van der Waals surface area contributed by atoms with Gasteiger partial charge in [0.15, 0.2) is 5.69 Å². The molecule has 27 heavy (non-hydrogen) atoms. The third kappa shape index (κ3) is 3.61. The number of nitrogens with one attached hydrogen (secondary N) is 1. The van der Waals surface area contributed by atoms with Gasteiger partial charge in [0.25, 0.3) is 5.91 Å². The molecule has 0 aliphatic carbocycles. The lowest BCUT2D eigenvalue weighted by atomic mass is 10.0. The molecule has 2 aliphatic rings. The van der Waals surface area contributed by atoms with Gasteiger partial charge in [0.05, 0.1) is 30.5 Å². The van der Waals surface area contributed by atoms with Crippen molar-refractivity contribution >= 4 is 5.91 Å². The highest BCUT2D eigenvalue weighted by molar-refractivity contribution is 5.93. The summed E-state index contributed by atoms with van der Waals surface area (Å²) in [6.45, 7) is 6.96. The van der Waals surface area contributed by atoms with E-state index in [-0.39, 0.29) is 18.1 Å². The molecule has 2 fully saturated rings. The second-order valence-electron chi connectivity index (χ2n) is 7.48. The maximum Gasteiger partial charge on any atom is 0.277 e. The van der Waals surface area contributed by atoms with Crippen LogP contribution in [0.3, 0.4) is 0 Å². The Morgan fingerprint density at radius 3 is 2.70 bits per heavy atom. The Hall–Kier alpha value is -2.25. The van der Waals surface area contributed by atoms with Crippen molar-refractivity contribution in [2.24, 2.45) is 0 Å². The molecule has 0 saturated carbocycles. The summed E-state index contributed by atoms with van der Waals surface area (Å²) in [6, 6.07) is 10.3. The molecule has 2 atom stereocenters. The van der Waals surface area contributed by atoms with E-state index in [9.17, 15) is 4.79 Å². The van der Waals surface area contributed by atoms with Crippen LogP contribution in [0.5, 0.6) is 0 Å². The lowest BCUT2D eigenvalue weighted by Crippen LogP contribution is -2.47. The van der Waals surface area contributed by atoms with Gasteiger partial charge in [-0.15, -0.1) is 5.10 Å². The molecule has 2 unspecified atom stereocenters. The molecule has 7 heteroatoms. The molecule has 144 valence electrons. The maximum atomic E-state index is 13.4. The zero-order chi connectivity index (χ0) is 18.8. The number of ether oxygens (including phenoxy) is 1. The summed E-state index contributed by atoms with van der Waals surface area (Å²) < 4.78 is 7.79. The zero-order valence-corrected chi connectivity index (χ0v) is 16.0. The van der Waals surface area contributed by atoms with Crippen molar-refractivity contribution in [3.05, 3.63) is 47.3 Å². The van der Waals surface area contributed by atoms with Crippen LogP contribution in [0.15, 0.2) is 30.3 Å². The van der Waals surface area contributed by atoms with E-state index in [0.29, 0.717) is 24.9 Å². The van der Waals surface area contributed by atoms with Gasteiger partial charge in [-0.3, -0.25) is 4.79 Å². The molecule has 1 aromatic heterocycles. The number of hydrogen-bond acceptors (Lipinski definition) is 5. The quantitative estimate of drug-likeness (QED) is 0.897. The van der Waals surface area contributed by atoms with Crippen LogP contribution in [0.1, 0.15) is 53.6 Å². The predicted octanol–water partition coefficient (Wildman–Crippen LogP) is 2.11. The number of morpholine rings is 1. The van der Waals surface area contributed by atoms with E-state index in [1.807, 2.05) is 53.8 Å². The number of piperidine rings is 1. The van der Waals surface area contributed by atoms with Crippen molar-refractivity contribution in [3.63, 3.8) is 0 Å². The second-order valence-corrected chi connectivity index (χ2v) is 7.48. The molecule has 2 aliphatic heterocycles. The number of nitrogens with zero attached hydrogens (tertiary/aromatic N) is 4. The summed E-state index contributed by atoms with van der Waals surface area (Å²) in [6.07, 6.45) is 2.03. The van der Waals surface area contributed by atoms with Gasteiger partial charge in [0, 0.05) is 6.54 Å². The van der Waals surface area contributed by atoms with Gasteiger partial charge in [-0.05, 0) is 45.3 Å². The topological polar surface area (TPSA) is 72.3 Å². The van der Waals surface area contributed by atoms with Crippen LogP contribution < -0.4 is 5.32 Å². The fraction of sp³-hybridized carbons (Fsp3) is 0.550. The van der Waals surface area contributed by atoms with Crippen molar-refractivity contribution in [1.29, 1.82) is 0 Å². The molecule has 4 rings (SSSR count). The SMILES string of the molecule is Cc1c(C(=O)N2CC(C)OCC2c2ccccc2)nnn1C1CCNCC1. The van der Waals surface area contributed by atoms with E-state index >= 15 is 0 Å². The average Bonchev–Trinajstić information content (AvgIpc) is 3.10. The highest BCUT2D eigenvalue weighted by Crippen LogP contribution is 2.29. The Bertz CT molecular complexity index is 785. The Kier molecular flexibility index (Phi) is 5.22. The lowest BCUT2D eigenvalue weighted by Gasteiger charge is -2.38. The maximum absolute atomic E-state index is 13.4. The number of carbonyl (C=O) groups excluding carboxylic acids is 1. The van der Waals surface area contributed by atoms with Crippen LogP contribution >= 0.6 is 0 Å². The van der Waals surface area contributed by atoms with E-state index in [0.717, 1.165) is 37.2 Å². The first-order chi connectivity index (χ1) is 13.1. The van der Waals surface area contributed by atoms with E-state index < -0.39 is 0 Å². The normalized spacial score (nSPS) is 24.1. The highest BCUT2D eigenvalue weighted by atomic mass is 16.5. The molecule has 0 spiro atoms. The van der Waals surface area contributed by atoms with E-state index in [1.165, 1.54) is 0 Å². The van der Waals surface area contributed by atoms with Crippen LogP contribution in [0.2, 0.25) is 0 Å². The molecule has 2 saturated heterocycles. The highest BCUT2D eigenvalue weighted by Gasteiger charge is 2.35. The number of benzene rings is 1. The van der Waals surface area contributed by atoms with Crippen LogP contribution in [-0.2, 0) is 4.74 Å². The number of rotatable bonds is 3. The molecular formula is C20H27N5O2. The molecule has 1 amide bonds. The minimum absolute atomic E-state index is 0.00804. The monoisotopic (exact) mass is 369 g/mol. The van der Waals surface area contributed by atoms with Crippen LogP contribution in [0.25, 0.3) is 0 Å². The molecule has 2 aromatic rings. The molecule has 3 heterocycles. The average molecular weight is 369 g/mol. The molecule has 0 bridgehead atoms. The fourth-order valence-electron chi connectivity index (χ4n) is 4.05. The van der Waals surface area contributed by atoms with E-state index in [1.54, 1.807) is 0 Å². The Labute approximate surface area is 159 Å². The van der Waals surface area contributed by atoms with Gasteiger partial charge in [-0.2, -0.15) is 0 Å². The summed E-state index contributed by atoms with van der Waals surface area (Å²) in [4.78, 5) is 15.3. The van der Waals surface area contributed by atoms with Crippen LogP contribution in [-0.4, -0.2) is 58.1 Å². The van der Waals surface area contributed by atoms with Crippen molar-refractivity contribution in [1.82, 2.24) is 25.2 Å². The largest absolute Gasteiger partial charge is 0.374 e. The zero-order valence-electron chi connectivity index (χ0n) is 16.0. The summed E-state index contributed by atoms with van der Waals surface area (Å²) in [5.41, 5.74) is 2.41. The summed E-state index contributed by atoms with van der Waals surface area (Å²) in [5, 5.41) is 12.0. The van der Waals surface area contributed by atoms with Gasteiger partial charge in [0.1, 0.15) is 0 Å². The molecule has 1 N–H and O–H groups in total. The first kappa shape index (κ1) is 18.1. The van der Waals surface area contributed by atoms with Crippen molar-refractivity contribution < 1.29 is 9.53 Å². The molecule has 0 radical (unpaired) electrons. The van der Waals surface area contributed by atoms with Crippen LogP contribution in [0.4, 0.5) is 0 Å². The number of amides is 1. The van der Waals surface area contributed by atoms with Gasteiger partial charge in [-0.1, -0.05) is 35.5 Å². The molecule has 7 nitrogen and oxygen atoms in total. The third-order valence-electron chi connectivity index (χ3n) is 5.60. The van der Waals surface area contributed by atoms with E-state index in [2.05, 4.69) is 15.6 Å². The number of carbonyl (C=O) groups is 1. The van der Waals surface area contributed by atoms with E-state index in [4.69, 9.17) is 4.74 Å². The predicted molar refractivity (Wildman–Crippen MR) is 102 cm³/mol. The Balaban J connectivity index is 1.61. The second kappa shape index (κ2) is 7.78. The summed E-state index contributed by atoms with van der Waals surface area (Å²) in [5.74, 6) is -0.0586. The summed E-state index contributed by atoms with van der Waals surface area (Å²) >= 11 is 0. The molecule has 1 aromatic carbocycles. The van der Waals surface area contributed by atoms with Crippen LogP contribution in [0, 0.1) is 6.92 Å². The number of aromatic nitrogens is 3.